The van der Waals surface area contributed by atoms with Gasteiger partial charge in [-0.1, -0.05) is 6.07 Å². The highest BCUT2D eigenvalue weighted by Crippen LogP contribution is 2.67. The highest BCUT2D eigenvalue weighted by molar-refractivity contribution is 7.92. The number of anilines is 3. The monoisotopic (exact) mass is 677 g/mol. The number of carboxylic acid groups (broad SMARTS) is 1. The van der Waals surface area contributed by atoms with E-state index in [-0.39, 0.29) is 28.0 Å². The number of methoxy groups -OCH3 is 2. The average Bonchev–Trinajstić information content (AvgIpc) is 3.61. The average molecular weight is 678 g/mol. The van der Waals surface area contributed by atoms with Gasteiger partial charge in [0.05, 0.1) is 41.0 Å². The zero-order valence-corrected chi connectivity index (χ0v) is 28.2. The van der Waals surface area contributed by atoms with Crippen LogP contribution >= 0.6 is 0 Å². The number of nitrogens with zero attached hydrogens (tertiary/aromatic N) is 4. The van der Waals surface area contributed by atoms with Gasteiger partial charge < -0.3 is 24.6 Å². The molecule has 1 fully saturated rings. The SMILES string of the molecule is COc1ccc2c(c1)[C@]1(C[C@H]1c1ccc3c(Nc4ncc(S(=O)(=O)C(C)C)cc4OC)nn(C(=O)OC(C)(C)C)c3c1)C(=O)N2C(=O)O. The van der Waals surface area contributed by atoms with Gasteiger partial charge in [-0.3, -0.25) is 4.79 Å². The Kier molecular flexibility index (Phi) is 7.65. The number of sulfone groups is 1. The van der Waals surface area contributed by atoms with Crippen molar-refractivity contribution in [1.82, 2.24) is 14.8 Å². The fourth-order valence-corrected chi connectivity index (χ4v) is 7.12. The maximum absolute atomic E-state index is 13.7. The van der Waals surface area contributed by atoms with Crippen molar-refractivity contribution < 1.29 is 42.1 Å². The summed E-state index contributed by atoms with van der Waals surface area (Å²) in [5.41, 5.74) is -0.0754. The Morgan fingerprint density at radius 1 is 1.06 bits per heavy atom. The molecule has 1 aliphatic heterocycles. The number of imide groups is 1. The minimum absolute atomic E-state index is 0.00540. The molecule has 14 nitrogen and oxygen atoms in total. The predicted octanol–water partition coefficient (Wildman–Crippen LogP) is 5.61. The smallest absolute Gasteiger partial charge is 0.435 e. The molecule has 4 aromatic rings. The number of hydrogen-bond acceptors (Lipinski definition) is 11. The lowest BCUT2D eigenvalue weighted by molar-refractivity contribution is -0.119. The van der Waals surface area contributed by atoms with Crippen LogP contribution in [0.25, 0.3) is 10.9 Å². The lowest BCUT2D eigenvalue weighted by atomic mass is 9.91. The summed E-state index contributed by atoms with van der Waals surface area (Å²) in [6.07, 6.45) is -0.559. The van der Waals surface area contributed by atoms with Crippen molar-refractivity contribution in [3.63, 3.8) is 0 Å². The summed E-state index contributed by atoms with van der Waals surface area (Å²) < 4.78 is 43.1. The Morgan fingerprint density at radius 3 is 2.42 bits per heavy atom. The van der Waals surface area contributed by atoms with Crippen molar-refractivity contribution in [1.29, 1.82) is 0 Å². The highest BCUT2D eigenvalue weighted by atomic mass is 32.2. The molecule has 48 heavy (non-hydrogen) atoms. The molecule has 2 amide bonds. The summed E-state index contributed by atoms with van der Waals surface area (Å²) in [4.78, 5) is 44.4. The van der Waals surface area contributed by atoms with Gasteiger partial charge >= 0.3 is 12.2 Å². The second-order valence-corrected chi connectivity index (χ2v) is 15.5. The van der Waals surface area contributed by atoms with Crippen LogP contribution in [0.15, 0.2) is 53.6 Å². The van der Waals surface area contributed by atoms with E-state index in [2.05, 4.69) is 15.4 Å². The molecule has 0 unspecified atom stereocenters. The van der Waals surface area contributed by atoms with Crippen molar-refractivity contribution in [2.24, 2.45) is 0 Å². The number of carbonyl (C=O) groups excluding carboxylic acids is 2. The molecule has 2 atom stereocenters. The number of amides is 2. The van der Waals surface area contributed by atoms with Crippen LogP contribution in [0.2, 0.25) is 0 Å². The zero-order valence-electron chi connectivity index (χ0n) is 27.4. The predicted molar refractivity (Wildman–Crippen MR) is 175 cm³/mol. The lowest BCUT2D eigenvalue weighted by Crippen LogP contribution is -2.36. The molecule has 1 saturated carbocycles. The number of nitrogens with one attached hydrogen (secondary N) is 1. The van der Waals surface area contributed by atoms with Crippen LogP contribution in [0.3, 0.4) is 0 Å². The first kappa shape index (κ1) is 32.7. The largest absolute Gasteiger partial charge is 0.497 e. The number of fused-ring (bicyclic) bond motifs is 3. The number of ether oxygens (including phenoxy) is 3. The van der Waals surface area contributed by atoms with E-state index >= 15 is 0 Å². The number of pyridine rings is 1. The van der Waals surface area contributed by atoms with Crippen LogP contribution in [-0.4, -0.2) is 71.5 Å². The van der Waals surface area contributed by atoms with Gasteiger partial charge in [-0.15, -0.1) is 5.10 Å². The lowest BCUT2D eigenvalue weighted by Gasteiger charge is -2.19. The first-order valence-corrected chi connectivity index (χ1v) is 16.6. The summed E-state index contributed by atoms with van der Waals surface area (Å²) >= 11 is 0. The first-order chi connectivity index (χ1) is 22.5. The van der Waals surface area contributed by atoms with Gasteiger partial charge in [0, 0.05) is 23.6 Å². The third kappa shape index (κ3) is 5.18. The van der Waals surface area contributed by atoms with Crippen LogP contribution < -0.4 is 19.7 Å². The molecule has 2 aliphatic rings. The number of aromatic nitrogens is 3. The normalized spacial score (nSPS) is 18.7. The Hall–Kier alpha value is -5.18. The third-order valence-corrected chi connectivity index (χ3v) is 10.7. The van der Waals surface area contributed by atoms with Gasteiger partial charge in [-0.05, 0) is 82.5 Å². The molecule has 1 spiro atoms. The summed E-state index contributed by atoms with van der Waals surface area (Å²) in [5, 5.41) is 17.3. The summed E-state index contributed by atoms with van der Waals surface area (Å²) in [7, 11) is -0.751. The van der Waals surface area contributed by atoms with Crippen molar-refractivity contribution in [3.05, 3.63) is 59.8 Å². The standard InChI is InChI=1S/C33H35N5O9S/c1-17(2)48(43,44)20-14-26(46-7)28(34-16-20)35-27-21-10-8-18(12-25(21)38(36-27)31(42)47-32(3,4)5)23-15-33(23)22-13-19(45-6)9-11-24(22)37(29(33)39)30(40)41/h8-14,16-17,23H,15H2,1-7H3,(H,40,41)(H,34,35,36)/t23-,33-/m0/s1. The van der Waals surface area contributed by atoms with Gasteiger partial charge in [-0.25, -0.2) is 27.9 Å². The van der Waals surface area contributed by atoms with Gasteiger partial charge in [0.2, 0.25) is 5.91 Å². The van der Waals surface area contributed by atoms with E-state index in [9.17, 15) is 27.9 Å². The molecular weight excluding hydrogens is 642 g/mol. The Morgan fingerprint density at radius 2 is 1.79 bits per heavy atom. The molecule has 2 aromatic carbocycles. The quantitative estimate of drug-likeness (QED) is 0.247. The van der Waals surface area contributed by atoms with Crippen molar-refractivity contribution >= 4 is 56.2 Å². The maximum atomic E-state index is 13.7. The zero-order chi connectivity index (χ0) is 34.9. The molecule has 0 radical (unpaired) electrons. The van der Waals surface area contributed by atoms with Crippen molar-refractivity contribution in [3.8, 4) is 11.5 Å². The van der Waals surface area contributed by atoms with Gasteiger partial charge in [0.25, 0.3) is 0 Å². The molecular formula is C33H35N5O9S. The van der Waals surface area contributed by atoms with Crippen LogP contribution in [0, 0.1) is 0 Å². The van der Waals surface area contributed by atoms with Crippen LogP contribution in [0.1, 0.15) is 58.1 Å². The fourth-order valence-electron chi connectivity index (χ4n) is 6.11. The number of rotatable bonds is 7. The summed E-state index contributed by atoms with van der Waals surface area (Å²) in [5.74, 6) is 0.0592. The molecule has 0 saturated heterocycles. The Balaban J connectivity index is 1.44. The molecule has 15 heteroatoms. The molecule has 1 aliphatic carbocycles. The Bertz CT molecular complexity index is 2120. The van der Waals surface area contributed by atoms with Crippen LogP contribution in [0.5, 0.6) is 11.5 Å². The summed E-state index contributed by atoms with van der Waals surface area (Å²) in [6.45, 7) is 8.32. The Labute approximate surface area is 276 Å². The van der Waals surface area contributed by atoms with Crippen molar-refractivity contribution in [2.45, 2.75) is 68.1 Å². The summed E-state index contributed by atoms with van der Waals surface area (Å²) in [6, 6.07) is 11.5. The number of carbonyl (C=O) groups is 3. The highest BCUT2D eigenvalue weighted by Gasteiger charge is 2.68. The minimum atomic E-state index is -3.63. The molecule has 2 N–H and O–H groups in total. The minimum Gasteiger partial charge on any atom is -0.497 e. The first-order valence-electron chi connectivity index (χ1n) is 15.1. The molecule has 0 bridgehead atoms. The van der Waals surface area contributed by atoms with Gasteiger partial charge in [-0.2, -0.15) is 4.68 Å². The van der Waals surface area contributed by atoms with E-state index in [0.29, 0.717) is 34.2 Å². The van der Waals surface area contributed by atoms with Crippen LogP contribution in [0.4, 0.5) is 26.9 Å². The van der Waals surface area contributed by atoms with E-state index in [0.717, 1.165) is 9.58 Å². The number of benzene rings is 2. The fraction of sp³-hybridized carbons (Fsp3) is 0.364. The van der Waals surface area contributed by atoms with E-state index in [1.807, 2.05) is 0 Å². The van der Waals surface area contributed by atoms with E-state index in [1.54, 1.807) is 71.0 Å². The number of hydrogen-bond donors (Lipinski definition) is 2. The van der Waals surface area contributed by atoms with E-state index in [4.69, 9.17) is 14.2 Å². The maximum Gasteiger partial charge on any atom is 0.435 e. The second-order valence-electron chi connectivity index (χ2n) is 13.0. The molecule has 2 aromatic heterocycles. The van der Waals surface area contributed by atoms with Gasteiger partial charge in [0.1, 0.15) is 11.4 Å². The van der Waals surface area contributed by atoms with Gasteiger partial charge in [0.15, 0.2) is 27.2 Å². The van der Waals surface area contributed by atoms with E-state index < -0.39 is 50.1 Å². The van der Waals surface area contributed by atoms with Crippen LogP contribution in [-0.2, 0) is 24.8 Å². The topological polar surface area (TPSA) is 179 Å². The second kappa shape index (κ2) is 11.2. The van der Waals surface area contributed by atoms with Crippen molar-refractivity contribution in [2.75, 3.05) is 24.4 Å². The third-order valence-electron chi connectivity index (χ3n) is 8.57. The molecule has 6 rings (SSSR count). The molecule has 3 heterocycles. The van der Waals surface area contributed by atoms with E-state index in [1.165, 1.54) is 26.5 Å². The molecule has 252 valence electrons.